The summed E-state index contributed by atoms with van der Waals surface area (Å²) in [7, 11) is 0. The fourth-order valence-corrected chi connectivity index (χ4v) is 2.23. The van der Waals surface area contributed by atoms with Crippen LogP contribution in [0.4, 0.5) is 0 Å². The van der Waals surface area contributed by atoms with Crippen LogP contribution in [0.25, 0.3) is 0 Å². The minimum absolute atomic E-state index is 0.428. The van der Waals surface area contributed by atoms with Crippen molar-refractivity contribution in [3.63, 3.8) is 0 Å². The van der Waals surface area contributed by atoms with E-state index in [1.165, 1.54) is 5.56 Å². The average molecular weight is 285 g/mol. The van der Waals surface area contributed by atoms with Gasteiger partial charge in [-0.2, -0.15) is 0 Å². The summed E-state index contributed by atoms with van der Waals surface area (Å²) in [6.07, 6.45) is 0.968. The minimum Gasteiger partial charge on any atom is -0.489 e. The number of para-hydroxylation sites is 1. The molecule has 3 heteroatoms. The van der Waals surface area contributed by atoms with E-state index in [9.17, 15) is 0 Å². The van der Waals surface area contributed by atoms with Crippen LogP contribution < -0.4 is 10.5 Å². The molecule has 0 aliphatic rings. The Morgan fingerprint density at radius 2 is 1.90 bits per heavy atom. The van der Waals surface area contributed by atoms with Gasteiger partial charge < -0.3 is 10.5 Å². The molecule has 0 aromatic heterocycles. The molecule has 0 spiro atoms. The molecule has 0 fully saturated rings. The molecule has 0 atom stereocenters. The van der Waals surface area contributed by atoms with Crippen molar-refractivity contribution in [3.8, 4) is 5.75 Å². The van der Waals surface area contributed by atoms with Gasteiger partial charge in [0.1, 0.15) is 17.3 Å². The predicted molar refractivity (Wildman–Crippen MR) is 87.2 cm³/mol. The molecule has 0 aliphatic carbocycles. The molecule has 20 heavy (non-hydrogen) atoms. The number of thiocarbonyl (C=S) groups is 1. The van der Waals surface area contributed by atoms with Crippen molar-refractivity contribution in [1.82, 2.24) is 0 Å². The van der Waals surface area contributed by atoms with Gasteiger partial charge in [0.2, 0.25) is 0 Å². The lowest BCUT2D eigenvalue weighted by Gasteiger charge is -2.12. The van der Waals surface area contributed by atoms with E-state index in [1.807, 2.05) is 43.3 Å². The third-order valence-electron chi connectivity index (χ3n) is 3.36. The third-order valence-corrected chi connectivity index (χ3v) is 3.60. The number of rotatable bonds is 5. The van der Waals surface area contributed by atoms with Crippen molar-refractivity contribution in [2.75, 3.05) is 0 Å². The number of aryl methyl sites for hydroxylation is 2. The van der Waals surface area contributed by atoms with Crippen molar-refractivity contribution in [1.29, 1.82) is 0 Å². The van der Waals surface area contributed by atoms with Crippen LogP contribution >= 0.6 is 12.2 Å². The van der Waals surface area contributed by atoms with Gasteiger partial charge in [0, 0.05) is 5.56 Å². The van der Waals surface area contributed by atoms with E-state index in [0.717, 1.165) is 28.9 Å². The number of ether oxygens (including phenoxy) is 1. The minimum atomic E-state index is 0.428. The molecule has 104 valence electrons. The Kier molecular flexibility index (Phi) is 4.74. The Morgan fingerprint density at radius 3 is 2.55 bits per heavy atom. The SMILES string of the molecule is CCc1ccccc1OCc1ccc(C(N)=S)cc1C. The van der Waals surface area contributed by atoms with Crippen LogP contribution in [0.5, 0.6) is 5.75 Å². The van der Waals surface area contributed by atoms with Crippen LogP contribution in [-0.4, -0.2) is 4.99 Å². The topological polar surface area (TPSA) is 35.2 Å². The normalized spacial score (nSPS) is 10.3. The Bertz CT molecular complexity index is 622. The van der Waals surface area contributed by atoms with E-state index in [-0.39, 0.29) is 0 Å². The highest BCUT2D eigenvalue weighted by Gasteiger charge is 2.05. The lowest BCUT2D eigenvalue weighted by atomic mass is 10.1. The summed E-state index contributed by atoms with van der Waals surface area (Å²) >= 11 is 4.99. The Morgan fingerprint density at radius 1 is 1.15 bits per heavy atom. The van der Waals surface area contributed by atoms with Gasteiger partial charge >= 0.3 is 0 Å². The van der Waals surface area contributed by atoms with E-state index >= 15 is 0 Å². The van der Waals surface area contributed by atoms with Gasteiger partial charge in [0.05, 0.1) is 0 Å². The van der Waals surface area contributed by atoms with Gasteiger partial charge in [-0.3, -0.25) is 0 Å². The number of nitrogens with two attached hydrogens (primary N) is 1. The van der Waals surface area contributed by atoms with Crippen LogP contribution in [0.15, 0.2) is 42.5 Å². The molecule has 2 aromatic carbocycles. The smallest absolute Gasteiger partial charge is 0.122 e. The molecule has 0 saturated heterocycles. The summed E-state index contributed by atoms with van der Waals surface area (Å²) in [6.45, 7) is 4.73. The first kappa shape index (κ1) is 14.5. The number of hydrogen-bond acceptors (Lipinski definition) is 2. The molecule has 2 rings (SSSR count). The van der Waals surface area contributed by atoms with Crippen LogP contribution in [0.1, 0.15) is 29.2 Å². The predicted octanol–water partition coefficient (Wildman–Crippen LogP) is 3.77. The van der Waals surface area contributed by atoms with Crippen molar-refractivity contribution in [2.45, 2.75) is 26.9 Å². The first-order valence-corrected chi connectivity index (χ1v) is 7.12. The maximum Gasteiger partial charge on any atom is 0.122 e. The monoisotopic (exact) mass is 285 g/mol. The van der Waals surface area contributed by atoms with Gasteiger partial charge in [0.15, 0.2) is 0 Å². The molecule has 0 amide bonds. The van der Waals surface area contributed by atoms with E-state index in [2.05, 4.69) is 13.0 Å². The largest absolute Gasteiger partial charge is 0.489 e. The van der Waals surface area contributed by atoms with Gasteiger partial charge in [-0.05, 0) is 42.2 Å². The maximum absolute atomic E-state index is 5.93. The molecular formula is C17H19NOS. The van der Waals surface area contributed by atoms with Gasteiger partial charge in [-0.25, -0.2) is 0 Å². The summed E-state index contributed by atoms with van der Waals surface area (Å²) in [5.41, 5.74) is 10.1. The molecule has 2 aromatic rings. The van der Waals surface area contributed by atoms with Gasteiger partial charge in [-0.1, -0.05) is 49.5 Å². The number of hydrogen-bond donors (Lipinski definition) is 1. The zero-order valence-corrected chi connectivity index (χ0v) is 12.7. The third kappa shape index (κ3) is 3.36. The zero-order valence-electron chi connectivity index (χ0n) is 11.8. The second-order valence-electron chi connectivity index (χ2n) is 4.76. The summed E-state index contributed by atoms with van der Waals surface area (Å²) in [5.74, 6) is 0.952. The number of benzene rings is 2. The van der Waals surface area contributed by atoms with E-state index in [1.54, 1.807) is 0 Å². The lowest BCUT2D eigenvalue weighted by molar-refractivity contribution is 0.302. The molecule has 0 heterocycles. The second-order valence-corrected chi connectivity index (χ2v) is 5.20. The molecule has 0 bridgehead atoms. The molecule has 0 aliphatic heterocycles. The Balaban J connectivity index is 2.13. The fourth-order valence-electron chi connectivity index (χ4n) is 2.10. The van der Waals surface area contributed by atoms with Crippen molar-refractivity contribution >= 4 is 17.2 Å². The van der Waals surface area contributed by atoms with Crippen molar-refractivity contribution < 1.29 is 4.74 Å². The molecule has 0 radical (unpaired) electrons. The van der Waals surface area contributed by atoms with Crippen molar-refractivity contribution in [3.05, 3.63) is 64.7 Å². The average Bonchev–Trinajstić information content (AvgIpc) is 2.46. The molecule has 0 unspecified atom stereocenters. The second kappa shape index (κ2) is 6.53. The van der Waals surface area contributed by atoms with Gasteiger partial charge in [0.25, 0.3) is 0 Å². The van der Waals surface area contributed by atoms with Crippen LogP contribution in [-0.2, 0) is 13.0 Å². The van der Waals surface area contributed by atoms with Crippen LogP contribution in [0.2, 0.25) is 0 Å². The van der Waals surface area contributed by atoms with E-state index in [0.29, 0.717) is 11.6 Å². The molecule has 2 nitrogen and oxygen atoms in total. The molecule has 2 N–H and O–H groups in total. The molecule has 0 saturated carbocycles. The fraction of sp³-hybridized carbons (Fsp3) is 0.235. The summed E-state index contributed by atoms with van der Waals surface area (Å²) in [5, 5.41) is 0. The summed E-state index contributed by atoms with van der Waals surface area (Å²) < 4.78 is 5.93. The quantitative estimate of drug-likeness (QED) is 0.849. The van der Waals surface area contributed by atoms with E-state index in [4.69, 9.17) is 22.7 Å². The zero-order chi connectivity index (χ0) is 14.5. The standard InChI is InChI=1S/C17H19NOS/c1-3-13-6-4-5-7-16(13)19-11-15-9-8-14(17(18)20)10-12(15)2/h4-10H,3,11H2,1-2H3,(H2,18,20). The highest BCUT2D eigenvalue weighted by molar-refractivity contribution is 7.80. The highest BCUT2D eigenvalue weighted by Crippen LogP contribution is 2.21. The summed E-state index contributed by atoms with van der Waals surface area (Å²) in [6, 6.07) is 14.1. The van der Waals surface area contributed by atoms with Crippen LogP contribution in [0, 0.1) is 6.92 Å². The highest BCUT2D eigenvalue weighted by atomic mass is 32.1. The Labute approximate surface area is 125 Å². The van der Waals surface area contributed by atoms with Crippen LogP contribution in [0.3, 0.4) is 0 Å². The summed E-state index contributed by atoms with van der Waals surface area (Å²) in [4.78, 5) is 0.428. The first-order chi connectivity index (χ1) is 9.61. The molecular weight excluding hydrogens is 266 g/mol. The van der Waals surface area contributed by atoms with Crippen molar-refractivity contribution in [2.24, 2.45) is 5.73 Å². The van der Waals surface area contributed by atoms with Gasteiger partial charge in [-0.15, -0.1) is 0 Å². The Hall–Kier alpha value is -1.87. The first-order valence-electron chi connectivity index (χ1n) is 6.72. The van der Waals surface area contributed by atoms with E-state index < -0.39 is 0 Å². The lowest BCUT2D eigenvalue weighted by Crippen LogP contribution is -2.10. The maximum atomic E-state index is 5.93.